The minimum atomic E-state index is 0.375. The third-order valence-corrected chi connectivity index (χ3v) is 4.71. The fourth-order valence-corrected chi connectivity index (χ4v) is 3.53. The summed E-state index contributed by atoms with van der Waals surface area (Å²) < 4.78 is 1.88. The normalized spacial score (nSPS) is 15.7. The second-order valence-electron chi connectivity index (χ2n) is 4.75. The van der Waals surface area contributed by atoms with Gasteiger partial charge < -0.3 is 0 Å². The maximum absolute atomic E-state index is 11.1. The number of carbonyl (C=O) groups is 1. The molecule has 3 rings (SSSR count). The first-order valence-electron chi connectivity index (χ1n) is 6.48. The molecule has 0 N–H and O–H groups in total. The number of hydrogen-bond acceptors (Lipinski definition) is 5. The van der Waals surface area contributed by atoms with E-state index in [4.69, 9.17) is 11.6 Å². The first-order valence-corrected chi connectivity index (χ1v) is 7.68. The van der Waals surface area contributed by atoms with Gasteiger partial charge in [0.1, 0.15) is 0 Å². The van der Waals surface area contributed by atoms with Gasteiger partial charge >= 0.3 is 0 Å². The lowest BCUT2D eigenvalue weighted by atomic mass is 10.2. The zero-order valence-electron chi connectivity index (χ0n) is 10.7. The molecule has 1 aromatic heterocycles. The van der Waals surface area contributed by atoms with E-state index in [1.165, 1.54) is 24.6 Å². The van der Waals surface area contributed by atoms with Crippen LogP contribution in [0.3, 0.4) is 0 Å². The molecule has 104 valence electrons. The number of hydrogen-bond donors (Lipinski definition) is 0. The molecule has 0 amide bonds. The number of nitrogens with zero attached hydrogens (tertiary/aromatic N) is 4. The van der Waals surface area contributed by atoms with Gasteiger partial charge in [0.15, 0.2) is 6.29 Å². The van der Waals surface area contributed by atoms with Crippen LogP contribution in [0.5, 0.6) is 0 Å². The van der Waals surface area contributed by atoms with E-state index >= 15 is 0 Å². The zero-order valence-corrected chi connectivity index (χ0v) is 12.3. The van der Waals surface area contributed by atoms with Gasteiger partial charge in [-0.05, 0) is 53.2 Å². The van der Waals surface area contributed by atoms with E-state index in [0.29, 0.717) is 16.6 Å². The minimum absolute atomic E-state index is 0.375. The van der Waals surface area contributed by atoms with Crippen LogP contribution in [0, 0.1) is 0 Å². The molecule has 1 aliphatic rings. The van der Waals surface area contributed by atoms with Gasteiger partial charge in [-0.2, -0.15) is 0 Å². The Morgan fingerprint density at radius 2 is 2.15 bits per heavy atom. The highest BCUT2D eigenvalue weighted by Gasteiger charge is 2.22. The van der Waals surface area contributed by atoms with Crippen LogP contribution >= 0.6 is 23.4 Å². The van der Waals surface area contributed by atoms with Crippen molar-refractivity contribution in [1.82, 2.24) is 20.2 Å². The molecule has 0 bridgehead atoms. The Balaban J connectivity index is 1.88. The number of aldehydes is 1. The average molecular weight is 309 g/mol. The molecule has 1 aromatic carbocycles. The van der Waals surface area contributed by atoms with Crippen LogP contribution in [-0.4, -0.2) is 26.5 Å². The highest BCUT2D eigenvalue weighted by molar-refractivity contribution is 7.99. The second kappa shape index (κ2) is 5.93. The van der Waals surface area contributed by atoms with Crippen molar-refractivity contribution in [2.75, 3.05) is 0 Å². The maximum Gasteiger partial charge on any atom is 0.214 e. The van der Waals surface area contributed by atoms with E-state index < -0.39 is 0 Å². The fourth-order valence-electron chi connectivity index (χ4n) is 2.43. The molecule has 0 saturated heterocycles. The summed E-state index contributed by atoms with van der Waals surface area (Å²) in [5.74, 6) is 0. The van der Waals surface area contributed by atoms with E-state index in [1.54, 1.807) is 12.1 Å². The van der Waals surface area contributed by atoms with Crippen molar-refractivity contribution in [2.45, 2.75) is 41.8 Å². The van der Waals surface area contributed by atoms with Gasteiger partial charge in [-0.25, -0.2) is 4.68 Å². The number of rotatable bonds is 4. The topological polar surface area (TPSA) is 60.7 Å². The molecule has 1 saturated carbocycles. The van der Waals surface area contributed by atoms with Gasteiger partial charge in [0.2, 0.25) is 5.16 Å². The second-order valence-corrected chi connectivity index (χ2v) is 6.19. The molecule has 0 atom stereocenters. The van der Waals surface area contributed by atoms with Crippen molar-refractivity contribution in [3.63, 3.8) is 0 Å². The predicted molar refractivity (Wildman–Crippen MR) is 76.3 cm³/mol. The molecule has 0 radical (unpaired) electrons. The third kappa shape index (κ3) is 2.71. The molecule has 2 aromatic rings. The Morgan fingerprint density at radius 3 is 2.90 bits per heavy atom. The van der Waals surface area contributed by atoms with E-state index in [9.17, 15) is 4.79 Å². The molecular formula is C13H13ClN4OS. The number of tetrazole rings is 1. The van der Waals surface area contributed by atoms with Gasteiger partial charge in [0, 0.05) is 15.5 Å². The van der Waals surface area contributed by atoms with Crippen LogP contribution in [0.2, 0.25) is 5.02 Å². The summed E-state index contributed by atoms with van der Waals surface area (Å²) in [6.45, 7) is 0. The summed E-state index contributed by atoms with van der Waals surface area (Å²) in [6.07, 6.45) is 5.46. The number of carbonyl (C=O) groups excluding carboxylic acids is 1. The molecule has 1 aliphatic carbocycles. The summed E-state index contributed by atoms with van der Waals surface area (Å²) in [6, 6.07) is 5.62. The van der Waals surface area contributed by atoms with Crippen LogP contribution in [0.1, 0.15) is 42.1 Å². The lowest BCUT2D eigenvalue weighted by molar-refractivity contribution is 0.112. The zero-order chi connectivity index (χ0) is 13.9. The molecule has 5 nitrogen and oxygen atoms in total. The molecule has 1 fully saturated rings. The van der Waals surface area contributed by atoms with Gasteiger partial charge in [-0.3, -0.25) is 4.79 Å². The van der Waals surface area contributed by atoms with Crippen molar-refractivity contribution < 1.29 is 4.79 Å². The standard InChI is InChI=1S/C13H13ClN4OS/c14-10-5-6-12(9(7-10)8-19)20-13-15-16-17-18(13)11-3-1-2-4-11/h5-8,11H,1-4H2. The lowest BCUT2D eigenvalue weighted by Gasteiger charge is -2.11. The highest BCUT2D eigenvalue weighted by atomic mass is 35.5. The Bertz CT molecular complexity index is 625. The average Bonchev–Trinajstić information content (AvgIpc) is 3.11. The van der Waals surface area contributed by atoms with Gasteiger partial charge in [-0.15, -0.1) is 5.10 Å². The molecule has 20 heavy (non-hydrogen) atoms. The van der Waals surface area contributed by atoms with Crippen molar-refractivity contribution in [3.8, 4) is 0 Å². The molecular weight excluding hydrogens is 296 g/mol. The summed E-state index contributed by atoms with van der Waals surface area (Å²) in [5, 5.41) is 13.2. The fraction of sp³-hybridized carbons (Fsp3) is 0.385. The summed E-state index contributed by atoms with van der Waals surface area (Å²) >= 11 is 7.30. The van der Waals surface area contributed by atoms with Crippen molar-refractivity contribution in [3.05, 3.63) is 28.8 Å². The lowest BCUT2D eigenvalue weighted by Crippen LogP contribution is -2.08. The summed E-state index contributed by atoms with van der Waals surface area (Å²) in [4.78, 5) is 11.9. The Labute approximate surface area is 125 Å². The SMILES string of the molecule is O=Cc1cc(Cl)ccc1Sc1nnnn1C1CCCC1. The van der Waals surface area contributed by atoms with Gasteiger partial charge in [0.05, 0.1) is 6.04 Å². The highest BCUT2D eigenvalue weighted by Crippen LogP contribution is 2.35. The molecule has 0 unspecified atom stereocenters. The molecule has 7 heteroatoms. The number of aromatic nitrogens is 4. The number of benzene rings is 1. The van der Waals surface area contributed by atoms with Gasteiger partial charge in [-0.1, -0.05) is 24.4 Å². The first kappa shape index (κ1) is 13.6. The first-order chi connectivity index (χ1) is 9.78. The van der Waals surface area contributed by atoms with E-state index in [1.807, 2.05) is 10.7 Å². The summed E-state index contributed by atoms with van der Waals surface area (Å²) in [5.41, 5.74) is 0.559. The van der Waals surface area contributed by atoms with Crippen molar-refractivity contribution in [2.24, 2.45) is 0 Å². The van der Waals surface area contributed by atoms with Gasteiger partial charge in [0.25, 0.3) is 0 Å². The minimum Gasteiger partial charge on any atom is -0.298 e. The molecule has 0 spiro atoms. The van der Waals surface area contributed by atoms with Crippen molar-refractivity contribution >= 4 is 29.6 Å². The molecule has 1 heterocycles. The van der Waals surface area contributed by atoms with Crippen molar-refractivity contribution in [1.29, 1.82) is 0 Å². The van der Waals surface area contributed by atoms with E-state index in [2.05, 4.69) is 15.5 Å². The largest absolute Gasteiger partial charge is 0.298 e. The Morgan fingerprint density at radius 1 is 1.35 bits per heavy atom. The monoisotopic (exact) mass is 308 g/mol. The van der Waals surface area contributed by atoms with E-state index in [-0.39, 0.29) is 0 Å². The maximum atomic E-state index is 11.1. The van der Waals surface area contributed by atoms with Crippen LogP contribution in [0.4, 0.5) is 0 Å². The van der Waals surface area contributed by atoms with Crippen LogP contribution in [0.25, 0.3) is 0 Å². The Kier molecular flexibility index (Phi) is 4.03. The summed E-state index contributed by atoms with van der Waals surface area (Å²) in [7, 11) is 0. The third-order valence-electron chi connectivity index (χ3n) is 3.43. The quantitative estimate of drug-likeness (QED) is 0.810. The molecule has 0 aliphatic heterocycles. The number of halogens is 1. The Hall–Kier alpha value is -1.40. The van der Waals surface area contributed by atoms with Crippen LogP contribution < -0.4 is 0 Å². The smallest absolute Gasteiger partial charge is 0.214 e. The van der Waals surface area contributed by atoms with Crippen LogP contribution in [0.15, 0.2) is 28.3 Å². The predicted octanol–water partition coefficient (Wildman–Crippen LogP) is 3.41. The van der Waals surface area contributed by atoms with E-state index in [0.717, 1.165) is 29.2 Å². The van der Waals surface area contributed by atoms with Crippen LogP contribution in [-0.2, 0) is 0 Å².